The molecule has 0 aliphatic heterocycles. The lowest BCUT2D eigenvalue weighted by atomic mass is 9.90. The molecular weight excluding hydrogens is 949 g/mol. The zero-order chi connectivity index (χ0) is 56.2. The van der Waals surface area contributed by atoms with Crippen molar-refractivity contribution in [2.75, 3.05) is 0 Å². The van der Waals surface area contributed by atoms with E-state index in [9.17, 15) is 0 Å². The summed E-state index contributed by atoms with van der Waals surface area (Å²) in [7, 11) is 0. The Morgan fingerprint density at radius 2 is 0.416 bits per heavy atom. The minimum Gasteiger partial charge on any atom is -0.457 e. The van der Waals surface area contributed by atoms with Gasteiger partial charge in [0.05, 0.1) is 0 Å². The highest BCUT2D eigenvalue weighted by Gasteiger charge is 2.11. The van der Waals surface area contributed by atoms with Crippen molar-refractivity contribution < 1.29 is 4.74 Å². The number of hydrogen-bond donors (Lipinski definition) is 0. The Bertz CT molecular complexity index is 2420. The van der Waals surface area contributed by atoms with E-state index in [1.807, 2.05) is 36.0 Å². The average Bonchev–Trinajstić information content (AvgIpc) is 3.42. The zero-order valence-corrected chi connectivity index (χ0v) is 51.0. The van der Waals surface area contributed by atoms with Gasteiger partial charge in [0, 0.05) is 15.7 Å². The van der Waals surface area contributed by atoms with Gasteiger partial charge in [0.1, 0.15) is 11.5 Å². The van der Waals surface area contributed by atoms with Crippen LogP contribution in [0.4, 0.5) is 0 Å². The summed E-state index contributed by atoms with van der Waals surface area (Å²) in [5.74, 6) is 6.97. The lowest BCUT2D eigenvalue weighted by molar-refractivity contribution is 0.482. The summed E-state index contributed by atoms with van der Waals surface area (Å²) in [6.45, 7) is 37.9. The molecule has 0 radical (unpaired) electrons. The van der Waals surface area contributed by atoms with E-state index in [4.69, 9.17) is 4.74 Å². The number of hydrogen-bond acceptors (Lipinski definition) is 2. The van der Waals surface area contributed by atoms with Crippen molar-refractivity contribution in [3.05, 3.63) is 261 Å². The second kappa shape index (κ2) is 30.7. The molecule has 0 N–H and O–H groups in total. The van der Waals surface area contributed by atoms with E-state index in [0.717, 1.165) is 17.9 Å². The van der Waals surface area contributed by atoms with E-state index >= 15 is 0 Å². The van der Waals surface area contributed by atoms with Crippen LogP contribution in [0, 0.1) is 0 Å². The standard InChI is InChI=1S/C20H26.C19H24.C18H22O.C18H22S/c1-14(2)17-6-10-19(11-7-17)16(5)20-12-8-18(9-13-20)15(3)4;1-14(2)18-9-5-16(6-10-18)13-17-7-11-19(12-8-17)15(3)4;2*1-13(2)15-5-9-17(10-6-15)19-18-11-7-16(8-12-18)14(3)4/h6-16H,1-5H3;5-12,14-15H,13H2,1-4H3;2*5-14H,1-4H3. The number of ether oxygens (including phenoxy) is 1. The second-order valence-corrected chi connectivity index (χ2v) is 24.6. The van der Waals surface area contributed by atoms with Gasteiger partial charge >= 0.3 is 0 Å². The molecule has 0 saturated carbocycles. The predicted molar refractivity (Wildman–Crippen MR) is 339 cm³/mol. The largest absolute Gasteiger partial charge is 0.457 e. The highest BCUT2D eigenvalue weighted by molar-refractivity contribution is 7.99. The molecule has 1 nitrogen and oxygen atoms in total. The first-order valence-corrected chi connectivity index (χ1v) is 29.6. The van der Waals surface area contributed by atoms with Crippen LogP contribution in [0.1, 0.15) is 238 Å². The van der Waals surface area contributed by atoms with Crippen LogP contribution in [-0.2, 0) is 6.42 Å². The van der Waals surface area contributed by atoms with Gasteiger partial charge in [0.15, 0.2) is 0 Å². The fourth-order valence-corrected chi connectivity index (χ4v) is 9.58. The molecule has 8 rings (SSSR count). The lowest BCUT2D eigenvalue weighted by Gasteiger charge is -2.15. The normalized spacial score (nSPS) is 11.3. The van der Waals surface area contributed by atoms with E-state index in [0.29, 0.717) is 53.3 Å². The van der Waals surface area contributed by atoms with Crippen molar-refractivity contribution in [3.63, 3.8) is 0 Å². The fraction of sp³-hybridized carbons (Fsp3) is 0.360. The third-order valence-electron chi connectivity index (χ3n) is 14.6. The van der Waals surface area contributed by atoms with Gasteiger partial charge in [-0.3, -0.25) is 0 Å². The van der Waals surface area contributed by atoms with Crippen LogP contribution in [0.15, 0.2) is 204 Å². The van der Waals surface area contributed by atoms with Crippen LogP contribution < -0.4 is 4.74 Å². The van der Waals surface area contributed by atoms with Crippen LogP contribution in [0.2, 0.25) is 0 Å². The van der Waals surface area contributed by atoms with E-state index in [2.05, 4.69) is 288 Å². The number of rotatable bonds is 16. The molecule has 0 atom stereocenters. The molecule has 77 heavy (non-hydrogen) atoms. The van der Waals surface area contributed by atoms with E-state index in [1.54, 1.807) is 0 Å². The first-order valence-electron chi connectivity index (χ1n) is 28.8. The Morgan fingerprint density at radius 1 is 0.234 bits per heavy atom. The minimum atomic E-state index is 0.456. The van der Waals surface area contributed by atoms with Gasteiger partial charge in [-0.15, -0.1) is 0 Å². The maximum absolute atomic E-state index is 5.85. The third-order valence-corrected chi connectivity index (χ3v) is 15.6. The quantitative estimate of drug-likeness (QED) is 0.0954. The molecular formula is C75H94OS. The van der Waals surface area contributed by atoms with Crippen molar-refractivity contribution in [2.45, 2.75) is 187 Å². The topological polar surface area (TPSA) is 9.23 Å². The van der Waals surface area contributed by atoms with Gasteiger partial charge in [-0.25, -0.2) is 0 Å². The maximum atomic E-state index is 5.85. The van der Waals surface area contributed by atoms with Gasteiger partial charge < -0.3 is 4.74 Å². The van der Waals surface area contributed by atoms with E-state index in [-0.39, 0.29) is 0 Å². The SMILES string of the molecule is CC(C)c1ccc(C(C)c2ccc(C(C)C)cc2)cc1.CC(C)c1ccc(Cc2ccc(C(C)C)cc2)cc1.CC(C)c1ccc(Oc2ccc(C(C)C)cc2)cc1.CC(C)c1ccc(Sc2ccc(C(C)C)cc2)cc1. The molecule has 0 unspecified atom stereocenters. The van der Waals surface area contributed by atoms with Crippen molar-refractivity contribution in [2.24, 2.45) is 0 Å². The zero-order valence-electron chi connectivity index (χ0n) is 50.2. The van der Waals surface area contributed by atoms with Gasteiger partial charge in [0.2, 0.25) is 0 Å². The Labute approximate surface area is 473 Å². The Morgan fingerprint density at radius 3 is 0.636 bits per heavy atom. The van der Waals surface area contributed by atoms with E-state index < -0.39 is 0 Å². The summed E-state index contributed by atoms with van der Waals surface area (Å²) < 4.78 is 5.85. The third kappa shape index (κ3) is 20.3. The summed E-state index contributed by atoms with van der Waals surface area (Å²) in [5.41, 5.74) is 16.7. The molecule has 8 aromatic carbocycles. The summed E-state index contributed by atoms with van der Waals surface area (Å²) in [6.07, 6.45) is 1.02. The molecule has 0 aliphatic rings. The highest BCUT2D eigenvalue weighted by Crippen LogP contribution is 2.32. The monoisotopic (exact) mass is 1040 g/mol. The average molecular weight is 1040 g/mol. The smallest absolute Gasteiger partial charge is 0.127 e. The molecule has 0 heterocycles. The maximum Gasteiger partial charge on any atom is 0.127 e. The molecule has 0 amide bonds. The molecule has 8 aromatic rings. The molecule has 406 valence electrons. The number of benzene rings is 8. The van der Waals surface area contributed by atoms with Crippen LogP contribution in [0.5, 0.6) is 11.5 Å². The summed E-state index contributed by atoms with van der Waals surface area (Å²) >= 11 is 1.83. The minimum absolute atomic E-state index is 0.456. The Kier molecular flexibility index (Phi) is 24.7. The Hall–Kier alpha value is -6.09. The van der Waals surface area contributed by atoms with Crippen molar-refractivity contribution in [1.82, 2.24) is 0 Å². The van der Waals surface area contributed by atoms with Crippen LogP contribution in [-0.4, -0.2) is 0 Å². The molecule has 0 spiro atoms. The van der Waals surface area contributed by atoms with Crippen molar-refractivity contribution in [1.29, 1.82) is 0 Å². The van der Waals surface area contributed by atoms with Gasteiger partial charge in [-0.2, -0.15) is 0 Å². The van der Waals surface area contributed by atoms with Gasteiger partial charge in [-0.05, 0) is 169 Å². The van der Waals surface area contributed by atoms with Crippen molar-refractivity contribution in [3.8, 4) is 11.5 Å². The molecule has 0 aromatic heterocycles. The van der Waals surface area contributed by atoms with Gasteiger partial charge in [-0.1, -0.05) is 275 Å². The molecule has 0 bridgehead atoms. The van der Waals surface area contributed by atoms with E-state index in [1.165, 1.54) is 76.6 Å². The van der Waals surface area contributed by atoms with Crippen LogP contribution >= 0.6 is 11.8 Å². The van der Waals surface area contributed by atoms with Crippen molar-refractivity contribution >= 4 is 11.8 Å². The second-order valence-electron chi connectivity index (χ2n) is 23.4. The molecule has 0 fully saturated rings. The summed E-state index contributed by atoms with van der Waals surface area (Å²) in [6, 6.07) is 70.6. The van der Waals surface area contributed by atoms with Crippen LogP contribution in [0.25, 0.3) is 0 Å². The Balaban J connectivity index is 0.000000189. The summed E-state index contributed by atoms with van der Waals surface area (Å²) in [4.78, 5) is 2.61. The fourth-order valence-electron chi connectivity index (χ4n) is 8.76. The molecule has 0 aliphatic carbocycles. The summed E-state index contributed by atoms with van der Waals surface area (Å²) in [5, 5.41) is 0. The van der Waals surface area contributed by atoms with Gasteiger partial charge in [0.25, 0.3) is 0 Å². The first kappa shape index (κ1) is 61.8. The molecule has 2 heteroatoms. The lowest BCUT2D eigenvalue weighted by Crippen LogP contribution is -1.98. The molecule has 0 saturated heterocycles. The predicted octanol–water partition coefficient (Wildman–Crippen LogP) is 23.4. The van der Waals surface area contributed by atoms with Crippen LogP contribution in [0.3, 0.4) is 0 Å². The highest BCUT2D eigenvalue weighted by atomic mass is 32.2. The first-order chi connectivity index (χ1) is 36.7.